The SMILES string of the molecule is CN(Cc1cccc2c1CN(C1CCC(=O)NC1=O)C2=O)C1CCN(c2ncc(C(=O)Nc3ccc(OC(F)(F)Cl)cc3)cc2-c2ccn[nH]2)CC1. The molecule has 2 fully saturated rings. The molecule has 2 saturated heterocycles. The predicted molar refractivity (Wildman–Crippen MR) is 187 cm³/mol. The van der Waals surface area contributed by atoms with Crippen molar-refractivity contribution in [3.05, 3.63) is 89.2 Å². The first kappa shape index (κ1) is 35.0. The quantitative estimate of drug-likeness (QED) is 0.155. The minimum atomic E-state index is -3.84. The molecule has 4 amide bonds. The Kier molecular flexibility index (Phi) is 9.63. The van der Waals surface area contributed by atoms with E-state index in [1.807, 2.05) is 12.1 Å². The third kappa shape index (κ3) is 7.46. The highest BCUT2D eigenvalue weighted by Crippen LogP contribution is 2.34. The summed E-state index contributed by atoms with van der Waals surface area (Å²) in [6.45, 7) is 2.37. The van der Waals surface area contributed by atoms with Gasteiger partial charge < -0.3 is 19.9 Å². The lowest BCUT2D eigenvalue weighted by molar-refractivity contribution is -0.136. The zero-order valence-corrected chi connectivity index (χ0v) is 28.8. The number of fused-ring (bicyclic) bond motifs is 1. The Morgan fingerprint density at radius 1 is 1.08 bits per heavy atom. The van der Waals surface area contributed by atoms with Gasteiger partial charge in [0.15, 0.2) is 0 Å². The number of anilines is 2. The number of hydrogen-bond acceptors (Lipinski definition) is 9. The number of hydrogen-bond donors (Lipinski definition) is 3. The van der Waals surface area contributed by atoms with E-state index >= 15 is 0 Å². The van der Waals surface area contributed by atoms with Crippen molar-refractivity contribution < 1.29 is 32.7 Å². The Labute approximate surface area is 302 Å². The van der Waals surface area contributed by atoms with Gasteiger partial charge in [-0.25, -0.2) is 4.98 Å². The van der Waals surface area contributed by atoms with Crippen LogP contribution in [0.15, 0.2) is 67.0 Å². The van der Waals surface area contributed by atoms with E-state index in [1.54, 1.807) is 29.3 Å². The maximum Gasteiger partial charge on any atom is 0.487 e. The summed E-state index contributed by atoms with van der Waals surface area (Å²) in [4.78, 5) is 61.5. The lowest BCUT2D eigenvalue weighted by atomic mass is 9.99. The first-order chi connectivity index (χ1) is 24.9. The molecule has 0 saturated carbocycles. The average Bonchev–Trinajstić information content (AvgIpc) is 3.77. The standard InChI is InChI=1S/C36H35ClF2N8O5/c1-45(19-21-3-2-4-26-28(21)20-47(35(26)51)30-9-10-31(48)43-34(30)50)24-12-15-46(16-13-24)32-27(29-11-14-41-44-29)17-22(18-40-32)33(49)42-23-5-7-25(8-6-23)52-36(37,38)39/h2-8,11,14,17-18,24,30H,9-10,12-13,15-16,19-20H2,1H3,(H,41,44)(H,42,49)(H,43,48,50). The van der Waals surface area contributed by atoms with Crippen molar-refractivity contribution >= 4 is 46.7 Å². The van der Waals surface area contributed by atoms with Crippen LogP contribution in [0.1, 0.15) is 57.5 Å². The van der Waals surface area contributed by atoms with Gasteiger partial charge in [-0.15, -0.1) is 8.78 Å². The Morgan fingerprint density at radius 3 is 2.54 bits per heavy atom. The summed E-state index contributed by atoms with van der Waals surface area (Å²) >= 11 is 4.83. The maximum atomic E-state index is 13.3. The highest BCUT2D eigenvalue weighted by Gasteiger charge is 2.40. The second kappa shape index (κ2) is 14.3. The monoisotopic (exact) mass is 732 g/mol. The van der Waals surface area contributed by atoms with Gasteiger partial charge in [0.2, 0.25) is 11.8 Å². The fourth-order valence-corrected chi connectivity index (χ4v) is 7.18. The van der Waals surface area contributed by atoms with E-state index in [0.717, 1.165) is 24.0 Å². The molecule has 7 rings (SSSR count). The van der Waals surface area contributed by atoms with E-state index in [2.05, 4.69) is 42.4 Å². The lowest BCUT2D eigenvalue weighted by Crippen LogP contribution is -2.52. The zero-order chi connectivity index (χ0) is 36.6. The molecule has 0 spiro atoms. The number of nitrogens with zero attached hydrogens (tertiary/aromatic N) is 5. The van der Waals surface area contributed by atoms with Gasteiger partial charge in [-0.2, -0.15) is 5.10 Å². The van der Waals surface area contributed by atoms with Gasteiger partial charge in [-0.1, -0.05) is 12.1 Å². The van der Waals surface area contributed by atoms with Crippen molar-refractivity contribution in [2.24, 2.45) is 0 Å². The summed E-state index contributed by atoms with van der Waals surface area (Å²) in [7, 11) is 2.07. The number of halogens is 3. The van der Waals surface area contributed by atoms with Crippen LogP contribution in [0, 0.1) is 0 Å². The number of rotatable bonds is 10. The molecule has 4 aromatic rings. The van der Waals surface area contributed by atoms with Gasteiger partial charge in [-0.3, -0.25) is 34.5 Å². The Bertz CT molecular complexity index is 2000. The van der Waals surface area contributed by atoms with E-state index in [1.165, 1.54) is 30.5 Å². The Morgan fingerprint density at radius 2 is 1.85 bits per heavy atom. The molecule has 270 valence electrons. The van der Waals surface area contributed by atoms with Crippen molar-refractivity contribution in [2.75, 3.05) is 30.4 Å². The number of nitrogens with one attached hydrogen (secondary N) is 3. The second-order valence-corrected chi connectivity index (χ2v) is 13.5. The first-order valence-electron chi connectivity index (χ1n) is 16.8. The number of H-pyrrole nitrogens is 1. The molecule has 3 N–H and O–H groups in total. The normalized spacial score (nSPS) is 18.1. The topological polar surface area (TPSA) is 153 Å². The number of pyridine rings is 1. The van der Waals surface area contributed by atoms with Crippen molar-refractivity contribution in [2.45, 2.75) is 56.4 Å². The minimum absolute atomic E-state index is 0.154. The first-order valence-corrected chi connectivity index (χ1v) is 17.2. The molecule has 16 heteroatoms. The molecule has 52 heavy (non-hydrogen) atoms. The average molecular weight is 733 g/mol. The largest absolute Gasteiger partial charge is 0.487 e. The van der Waals surface area contributed by atoms with Gasteiger partial charge in [0.1, 0.15) is 17.6 Å². The summed E-state index contributed by atoms with van der Waals surface area (Å²) in [6.07, 6.45) is 5.34. The van der Waals surface area contributed by atoms with Crippen LogP contribution >= 0.6 is 11.6 Å². The Hall–Kier alpha value is -5.41. The van der Waals surface area contributed by atoms with Crippen molar-refractivity contribution in [1.82, 2.24) is 30.3 Å². The molecule has 0 aliphatic carbocycles. The van der Waals surface area contributed by atoms with Gasteiger partial charge >= 0.3 is 5.57 Å². The van der Waals surface area contributed by atoms with E-state index in [4.69, 9.17) is 16.6 Å². The molecule has 13 nitrogen and oxygen atoms in total. The molecule has 0 bridgehead atoms. The third-order valence-electron chi connectivity index (χ3n) is 9.75. The maximum absolute atomic E-state index is 13.3. The van der Waals surface area contributed by atoms with E-state index in [0.29, 0.717) is 66.5 Å². The van der Waals surface area contributed by atoms with Crippen molar-refractivity contribution in [1.29, 1.82) is 0 Å². The van der Waals surface area contributed by atoms with Crippen LogP contribution in [-0.2, 0) is 22.7 Å². The van der Waals surface area contributed by atoms with Crippen LogP contribution in [0.2, 0.25) is 0 Å². The number of carbonyl (C=O) groups is 4. The number of amides is 4. The molecular weight excluding hydrogens is 698 g/mol. The van der Waals surface area contributed by atoms with Crippen LogP contribution in [0.5, 0.6) is 5.75 Å². The number of aromatic amines is 1. The predicted octanol–water partition coefficient (Wildman–Crippen LogP) is 4.75. The Balaban J connectivity index is 1.00. The minimum Gasteiger partial charge on any atom is -0.420 e. The summed E-state index contributed by atoms with van der Waals surface area (Å²) in [5.41, 5.74) is 0.761. The number of imide groups is 1. The van der Waals surface area contributed by atoms with E-state index in [9.17, 15) is 28.0 Å². The smallest absolute Gasteiger partial charge is 0.420 e. The summed E-state index contributed by atoms with van der Waals surface area (Å²) in [5.74, 6) is -0.813. The molecule has 5 heterocycles. The van der Waals surface area contributed by atoms with Gasteiger partial charge in [0.05, 0.1) is 11.3 Å². The molecule has 3 aliphatic heterocycles. The highest BCUT2D eigenvalue weighted by atomic mass is 35.5. The van der Waals surface area contributed by atoms with Crippen molar-refractivity contribution in [3.63, 3.8) is 0 Å². The molecule has 0 radical (unpaired) electrons. The molecule has 1 atom stereocenters. The van der Waals surface area contributed by atoms with Crippen molar-refractivity contribution in [3.8, 4) is 17.0 Å². The molecule has 1 unspecified atom stereocenters. The third-order valence-corrected chi connectivity index (χ3v) is 9.83. The lowest BCUT2D eigenvalue weighted by Gasteiger charge is -2.38. The second-order valence-electron chi connectivity index (χ2n) is 13.1. The number of benzene rings is 2. The van der Waals surface area contributed by atoms with Crippen LogP contribution in [0.25, 0.3) is 11.3 Å². The number of aromatic nitrogens is 3. The fraction of sp³-hybridized carbons (Fsp3) is 0.333. The zero-order valence-electron chi connectivity index (χ0n) is 28.1. The van der Waals surface area contributed by atoms with Crippen LogP contribution in [0.4, 0.5) is 20.3 Å². The number of carbonyl (C=O) groups excluding carboxylic acids is 4. The number of ether oxygens (including phenoxy) is 1. The number of piperidine rings is 2. The van der Waals surface area contributed by atoms with Crippen LogP contribution < -0.4 is 20.3 Å². The van der Waals surface area contributed by atoms with Gasteiger partial charge in [0.25, 0.3) is 11.8 Å². The van der Waals surface area contributed by atoms with Gasteiger partial charge in [-0.05, 0) is 79.9 Å². The fourth-order valence-electron chi connectivity index (χ4n) is 7.10. The van der Waals surface area contributed by atoms with E-state index < -0.39 is 23.4 Å². The van der Waals surface area contributed by atoms with Crippen LogP contribution in [0.3, 0.4) is 0 Å². The summed E-state index contributed by atoms with van der Waals surface area (Å²) < 4.78 is 30.2. The summed E-state index contributed by atoms with van der Waals surface area (Å²) in [6, 6.07) is 14.2. The molecule has 2 aromatic carbocycles. The summed E-state index contributed by atoms with van der Waals surface area (Å²) in [5, 5.41) is 12.2. The molecule has 2 aromatic heterocycles. The number of alkyl halides is 3. The molecule has 3 aliphatic rings. The van der Waals surface area contributed by atoms with Gasteiger partial charge in [0, 0.05) is 79.5 Å². The van der Waals surface area contributed by atoms with E-state index in [-0.39, 0.29) is 30.0 Å². The van der Waals surface area contributed by atoms with Crippen LogP contribution in [-0.4, -0.2) is 86.4 Å². The highest BCUT2D eigenvalue weighted by molar-refractivity contribution is 6.20. The molecular formula is C36H35ClF2N8O5.